The van der Waals surface area contributed by atoms with E-state index < -0.39 is 0 Å². The van der Waals surface area contributed by atoms with E-state index in [0.717, 1.165) is 30.9 Å². The van der Waals surface area contributed by atoms with E-state index in [1.54, 1.807) is 12.1 Å². The van der Waals surface area contributed by atoms with E-state index in [9.17, 15) is 9.90 Å². The predicted molar refractivity (Wildman–Crippen MR) is 92.5 cm³/mol. The zero-order chi connectivity index (χ0) is 16.9. The van der Waals surface area contributed by atoms with Crippen LogP contribution in [0.15, 0.2) is 48.7 Å². The van der Waals surface area contributed by atoms with Crippen molar-refractivity contribution < 1.29 is 9.90 Å². The minimum absolute atomic E-state index is 0.0445. The Kier molecular flexibility index (Phi) is 5.23. The van der Waals surface area contributed by atoms with Crippen LogP contribution in [-0.2, 0) is 6.54 Å². The molecule has 2 atom stereocenters. The fraction of sp³-hybridized carbons (Fsp3) is 0.368. The molecule has 1 aromatic heterocycles. The zero-order valence-corrected chi connectivity index (χ0v) is 13.9. The molecule has 1 aromatic carbocycles. The molecule has 1 aliphatic heterocycles. The number of aliphatic hydroxyl groups is 1. The SMILES string of the molecule is Cc1ccc(CN2CC(CO)C(NC(=O)c3ccccc3)C2)nc1. The minimum Gasteiger partial charge on any atom is -0.396 e. The van der Waals surface area contributed by atoms with Crippen LogP contribution >= 0.6 is 0 Å². The lowest BCUT2D eigenvalue weighted by atomic mass is 10.0. The number of carbonyl (C=O) groups is 1. The Morgan fingerprint density at radius 2 is 2.04 bits per heavy atom. The average Bonchev–Trinajstić information content (AvgIpc) is 2.99. The summed E-state index contributed by atoms with van der Waals surface area (Å²) in [6, 6.07) is 13.2. The number of aliphatic hydroxyl groups excluding tert-OH is 1. The summed E-state index contributed by atoms with van der Waals surface area (Å²) in [5, 5.41) is 12.7. The number of nitrogens with zero attached hydrogens (tertiary/aromatic N) is 2. The van der Waals surface area contributed by atoms with Crippen molar-refractivity contribution in [2.45, 2.75) is 19.5 Å². The van der Waals surface area contributed by atoms with Crippen molar-refractivity contribution in [1.82, 2.24) is 15.2 Å². The summed E-state index contributed by atoms with van der Waals surface area (Å²) in [5.74, 6) is -0.0440. The van der Waals surface area contributed by atoms with Crippen LogP contribution in [0, 0.1) is 12.8 Å². The Hall–Kier alpha value is -2.24. The van der Waals surface area contributed by atoms with Crippen molar-refractivity contribution in [3.63, 3.8) is 0 Å². The van der Waals surface area contributed by atoms with Crippen LogP contribution in [0.5, 0.6) is 0 Å². The number of carbonyl (C=O) groups excluding carboxylic acids is 1. The Labute approximate surface area is 142 Å². The van der Waals surface area contributed by atoms with Gasteiger partial charge in [0.25, 0.3) is 5.91 Å². The second kappa shape index (κ2) is 7.55. The van der Waals surface area contributed by atoms with Gasteiger partial charge < -0.3 is 10.4 Å². The number of amides is 1. The van der Waals surface area contributed by atoms with E-state index in [2.05, 4.69) is 21.3 Å². The highest BCUT2D eigenvalue weighted by atomic mass is 16.3. The molecule has 2 N–H and O–H groups in total. The van der Waals surface area contributed by atoms with E-state index >= 15 is 0 Å². The van der Waals surface area contributed by atoms with Gasteiger partial charge in [0.1, 0.15) is 0 Å². The van der Waals surface area contributed by atoms with Gasteiger partial charge in [-0.15, -0.1) is 0 Å². The average molecular weight is 325 g/mol. The highest BCUT2D eigenvalue weighted by Crippen LogP contribution is 2.19. The zero-order valence-electron chi connectivity index (χ0n) is 13.9. The molecule has 3 rings (SSSR count). The number of benzene rings is 1. The number of rotatable bonds is 5. The summed E-state index contributed by atoms with van der Waals surface area (Å²) in [4.78, 5) is 19.0. The fourth-order valence-corrected chi connectivity index (χ4v) is 3.10. The second-order valence-electron chi connectivity index (χ2n) is 6.41. The van der Waals surface area contributed by atoms with Gasteiger partial charge in [0, 0.05) is 50.0 Å². The molecule has 5 nitrogen and oxygen atoms in total. The Morgan fingerprint density at radius 1 is 1.25 bits per heavy atom. The standard InChI is InChI=1S/C19H23N3O2/c1-14-7-8-17(20-9-14)11-22-10-16(13-23)18(12-22)21-19(24)15-5-3-2-4-6-15/h2-9,16,18,23H,10-13H2,1H3,(H,21,24). The van der Waals surface area contributed by atoms with Crippen molar-refractivity contribution in [3.05, 3.63) is 65.5 Å². The number of hydrogen-bond acceptors (Lipinski definition) is 4. The number of aromatic nitrogens is 1. The fourth-order valence-electron chi connectivity index (χ4n) is 3.10. The van der Waals surface area contributed by atoms with Gasteiger partial charge in [-0.2, -0.15) is 0 Å². The molecule has 2 heterocycles. The highest BCUT2D eigenvalue weighted by molar-refractivity contribution is 5.94. The first kappa shape index (κ1) is 16.6. The maximum Gasteiger partial charge on any atom is 0.251 e. The lowest BCUT2D eigenvalue weighted by Crippen LogP contribution is -2.41. The number of pyridine rings is 1. The highest BCUT2D eigenvalue weighted by Gasteiger charge is 2.33. The number of hydrogen-bond donors (Lipinski definition) is 2. The molecule has 126 valence electrons. The predicted octanol–water partition coefficient (Wildman–Crippen LogP) is 1.61. The third-order valence-electron chi connectivity index (χ3n) is 4.46. The van der Waals surface area contributed by atoms with Crippen molar-refractivity contribution >= 4 is 5.91 Å². The summed E-state index contributed by atoms with van der Waals surface area (Å²) in [5.41, 5.74) is 2.79. The van der Waals surface area contributed by atoms with Gasteiger partial charge in [0.2, 0.25) is 0 Å². The van der Waals surface area contributed by atoms with E-state index in [1.165, 1.54) is 0 Å². The van der Waals surface area contributed by atoms with Crippen molar-refractivity contribution in [3.8, 4) is 0 Å². The van der Waals surface area contributed by atoms with E-state index in [-0.39, 0.29) is 24.5 Å². The third-order valence-corrected chi connectivity index (χ3v) is 4.46. The molecule has 1 aliphatic rings. The van der Waals surface area contributed by atoms with E-state index in [0.29, 0.717) is 5.56 Å². The van der Waals surface area contributed by atoms with E-state index in [1.807, 2.05) is 37.4 Å². The molecular formula is C19H23N3O2. The third kappa shape index (κ3) is 3.99. The Bertz CT molecular complexity index is 673. The van der Waals surface area contributed by atoms with Gasteiger partial charge in [0.15, 0.2) is 0 Å². The molecule has 24 heavy (non-hydrogen) atoms. The molecule has 0 radical (unpaired) electrons. The smallest absolute Gasteiger partial charge is 0.251 e. The first-order chi connectivity index (χ1) is 11.7. The van der Waals surface area contributed by atoms with Crippen molar-refractivity contribution in [1.29, 1.82) is 0 Å². The molecule has 1 amide bonds. The van der Waals surface area contributed by atoms with Gasteiger partial charge in [-0.25, -0.2) is 0 Å². The number of likely N-dealkylation sites (tertiary alicyclic amines) is 1. The number of aryl methyl sites for hydroxylation is 1. The second-order valence-corrected chi connectivity index (χ2v) is 6.41. The molecule has 2 aromatic rings. The molecule has 0 saturated carbocycles. The van der Waals surface area contributed by atoms with Gasteiger partial charge in [-0.1, -0.05) is 24.3 Å². The number of nitrogens with one attached hydrogen (secondary N) is 1. The van der Waals surface area contributed by atoms with E-state index in [4.69, 9.17) is 0 Å². The van der Waals surface area contributed by atoms with Crippen LogP contribution in [0.4, 0.5) is 0 Å². The van der Waals surface area contributed by atoms with Crippen LogP contribution < -0.4 is 5.32 Å². The first-order valence-corrected chi connectivity index (χ1v) is 8.26. The largest absolute Gasteiger partial charge is 0.396 e. The first-order valence-electron chi connectivity index (χ1n) is 8.26. The molecule has 2 unspecified atom stereocenters. The molecule has 1 saturated heterocycles. The molecule has 0 spiro atoms. The Balaban J connectivity index is 1.62. The minimum atomic E-state index is -0.0886. The summed E-state index contributed by atoms with van der Waals surface area (Å²) in [6.45, 7) is 4.29. The van der Waals surface area contributed by atoms with Gasteiger partial charge in [-0.3, -0.25) is 14.7 Å². The molecule has 0 aliphatic carbocycles. The summed E-state index contributed by atoms with van der Waals surface area (Å²) in [7, 11) is 0. The van der Waals surface area contributed by atoms with Crippen LogP contribution in [-0.4, -0.2) is 46.6 Å². The lowest BCUT2D eigenvalue weighted by Gasteiger charge is -2.18. The van der Waals surface area contributed by atoms with Crippen LogP contribution in [0.25, 0.3) is 0 Å². The molecule has 5 heteroatoms. The molecule has 0 bridgehead atoms. The topological polar surface area (TPSA) is 65.5 Å². The summed E-state index contributed by atoms with van der Waals surface area (Å²) >= 11 is 0. The normalized spacial score (nSPS) is 20.9. The monoisotopic (exact) mass is 325 g/mol. The van der Waals surface area contributed by atoms with Crippen LogP contribution in [0.3, 0.4) is 0 Å². The molecular weight excluding hydrogens is 302 g/mol. The van der Waals surface area contributed by atoms with Gasteiger partial charge in [0.05, 0.1) is 5.69 Å². The maximum absolute atomic E-state index is 12.3. The van der Waals surface area contributed by atoms with Crippen LogP contribution in [0.1, 0.15) is 21.6 Å². The lowest BCUT2D eigenvalue weighted by molar-refractivity contribution is 0.0921. The van der Waals surface area contributed by atoms with Gasteiger partial charge >= 0.3 is 0 Å². The maximum atomic E-state index is 12.3. The quantitative estimate of drug-likeness (QED) is 0.877. The van der Waals surface area contributed by atoms with Crippen molar-refractivity contribution in [2.24, 2.45) is 5.92 Å². The van der Waals surface area contributed by atoms with Crippen LogP contribution in [0.2, 0.25) is 0 Å². The summed E-state index contributed by atoms with van der Waals surface area (Å²) < 4.78 is 0. The molecule has 1 fully saturated rings. The Morgan fingerprint density at radius 3 is 2.71 bits per heavy atom. The summed E-state index contributed by atoms with van der Waals surface area (Å²) in [6.07, 6.45) is 1.86. The van der Waals surface area contributed by atoms with Crippen molar-refractivity contribution in [2.75, 3.05) is 19.7 Å². The van der Waals surface area contributed by atoms with Gasteiger partial charge in [-0.05, 0) is 30.7 Å².